The third kappa shape index (κ3) is 2.84. The largest absolute Gasteiger partial charge is 0.476 e. The third-order valence-corrected chi connectivity index (χ3v) is 3.76. The first kappa shape index (κ1) is 12.5. The number of nitrogens with zero attached hydrogens (tertiary/aromatic N) is 1. The van der Waals surface area contributed by atoms with Crippen molar-refractivity contribution < 1.29 is 9.47 Å². The van der Waals surface area contributed by atoms with Crippen LogP contribution in [0.1, 0.15) is 13.8 Å². The molecular formula is C12H15NO2S2. The maximum absolute atomic E-state index is 5.77. The zero-order valence-electron chi connectivity index (χ0n) is 10.3. The van der Waals surface area contributed by atoms with Crippen LogP contribution < -0.4 is 9.47 Å². The van der Waals surface area contributed by atoms with Gasteiger partial charge in [-0.2, -0.15) is 0 Å². The van der Waals surface area contributed by atoms with Gasteiger partial charge in [0.1, 0.15) is 11.5 Å². The SMILES string of the molecule is CN(C)C(=S)Oc1ccc2c(c1)SC(C)(C)O2. The van der Waals surface area contributed by atoms with Gasteiger partial charge >= 0.3 is 0 Å². The predicted octanol–water partition coefficient (Wildman–Crippen LogP) is 3.13. The minimum atomic E-state index is -0.205. The quantitative estimate of drug-likeness (QED) is 0.728. The molecule has 1 aliphatic rings. The fourth-order valence-corrected chi connectivity index (χ4v) is 2.60. The van der Waals surface area contributed by atoms with Crippen LogP contribution in [0.3, 0.4) is 0 Å². The lowest BCUT2D eigenvalue weighted by atomic mass is 10.3. The molecule has 0 radical (unpaired) electrons. The van der Waals surface area contributed by atoms with Crippen molar-refractivity contribution in [3.05, 3.63) is 18.2 Å². The first-order valence-corrected chi connectivity index (χ1v) is 6.51. The summed E-state index contributed by atoms with van der Waals surface area (Å²) in [4.78, 5) is 2.65. The Morgan fingerprint density at radius 1 is 1.41 bits per heavy atom. The van der Waals surface area contributed by atoms with Crippen molar-refractivity contribution in [2.24, 2.45) is 0 Å². The second-order valence-corrected chi connectivity index (χ2v) is 6.45. The van der Waals surface area contributed by atoms with E-state index in [1.165, 1.54) is 0 Å². The topological polar surface area (TPSA) is 21.7 Å². The van der Waals surface area contributed by atoms with Gasteiger partial charge in [0.05, 0.1) is 4.90 Å². The Morgan fingerprint density at radius 3 is 2.76 bits per heavy atom. The van der Waals surface area contributed by atoms with E-state index in [1.807, 2.05) is 46.1 Å². The van der Waals surface area contributed by atoms with Gasteiger partial charge in [-0.3, -0.25) is 0 Å². The average Bonchev–Trinajstić information content (AvgIpc) is 2.50. The summed E-state index contributed by atoms with van der Waals surface area (Å²) >= 11 is 6.78. The lowest BCUT2D eigenvalue weighted by Gasteiger charge is -2.15. The van der Waals surface area contributed by atoms with Crippen molar-refractivity contribution >= 4 is 29.2 Å². The highest BCUT2D eigenvalue weighted by molar-refractivity contribution is 8.00. The van der Waals surface area contributed by atoms with E-state index in [1.54, 1.807) is 16.7 Å². The molecule has 0 aromatic heterocycles. The van der Waals surface area contributed by atoms with E-state index in [-0.39, 0.29) is 4.93 Å². The van der Waals surface area contributed by atoms with Gasteiger partial charge in [-0.25, -0.2) is 0 Å². The minimum absolute atomic E-state index is 0.205. The second kappa shape index (κ2) is 4.38. The minimum Gasteiger partial charge on any atom is -0.476 e. The summed E-state index contributed by atoms with van der Waals surface area (Å²) in [5, 5.41) is 0.452. The standard InChI is InChI=1S/C12H15NO2S2/c1-12(2)15-9-6-5-8(7-10(9)17-12)14-11(16)13(3)4/h5-7H,1-4H3. The lowest BCUT2D eigenvalue weighted by molar-refractivity contribution is 0.215. The molecule has 1 heterocycles. The molecule has 1 aromatic rings. The molecule has 17 heavy (non-hydrogen) atoms. The van der Waals surface area contributed by atoms with Gasteiger partial charge in [-0.15, -0.1) is 0 Å². The van der Waals surface area contributed by atoms with Crippen LogP contribution in [0.2, 0.25) is 0 Å². The van der Waals surface area contributed by atoms with Gasteiger partial charge in [-0.05, 0) is 44.3 Å². The Labute approximate surface area is 111 Å². The molecule has 0 amide bonds. The Bertz CT molecular complexity index is 458. The van der Waals surface area contributed by atoms with E-state index in [9.17, 15) is 0 Å². The molecule has 0 saturated heterocycles. The third-order valence-electron chi connectivity index (χ3n) is 2.20. The number of thiocarbonyl (C=S) groups is 1. The summed E-state index contributed by atoms with van der Waals surface area (Å²) in [6.07, 6.45) is 0. The summed E-state index contributed by atoms with van der Waals surface area (Å²) in [6, 6.07) is 5.76. The van der Waals surface area contributed by atoms with E-state index in [0.29, 0.717) is 5.17 Å². The Balaban J connectivity index is 2.17. The Morgan fingerprint density at radius 2 is 2.12 bits per heavy atom. The van der Waals surface area contributed by atoms with Crippen LogP contribution in [-0.2, 0) is 0 Å². The van der Waals surface area contributed by atoms with Crippen molar-refractivity contribution in [2.75, 3.05) is 14.1 Å². The number of ether oxygens (including phenoxy) is 2. The number of hydrogen-bond donors (Lipinski definition) is 0. The fourth-order valence-electron chi connectivity index (χ4n) is 1.46. The number of thioether (sulfide) groups is 1. The van der Waals surface area contributed by atoms with E-state index >= 15 is 0 Å². The molecule has 3 nitrogen and oxygen atoms in total. The summed E-state index contributed by atoms with van der Waals surface area (Å²) in [6.45, 7) is 4.09. The molecule has 0 spiro atoms. The smallest absolute Gasteiger partial charge is 0.264 e. The monoisotopic (exact) mass is 269 g/mol. The van der Waals surface area contributed by atoms with Crippen molar-refractivity contribution in [1.82, 2.24) is 4.90 Å². The first-order valence-electron chi connectivity index (χ1n) is 5.28. The van der Waals surface area contributed by atoms with E-state index in [0.717, 1.165) is 16.4 Å². The van der Waals surface area contributed by atoms with Crippen molar-refractivity contribution in [2.45, 2.75) is 23.7 Å². The molecule has 5 heteroatoms. The lowest BCUT2D eigenvalue weighted by Crippen LogP contribution is -2.24. The predicted molar refractivity (Wildman–Crippen MR) is 73.9 cm³/mol. The number of fused-ring (bicyclic) bond motifs is 1. The molecule has 0 saturated carbocycles. The summed E-state index contributed by atoms with van der Waals surface area (Å²) in [5.41, 5.74) is 0. The molecule has 0 unspecified atom stereocenters. The van der Waals surface area contributed by atoms with Crippen LogP contribution in [0.25, 0.3) is 0 Å². The zero-order valence-corrected chi connectivity index (χ0v) is 11.9. The van der Waals surface area contributed by atoms with Crippen LogP contribution in [-0.4, -0.2) is 29.1 Å². The number of rotatable bonds is 1. The normalized spacial score (nSPS) is 16.0. The molecule has 0 bridgehead atoms. The van der Waals surface area contributed by atoms with Crippen molar-refractivity contribution in [3.8, 4) is 11.5 Å². The highest BCUT2D eigenvalue weighted by Gasteiger charge is 2.31. The van der Waals surface area contributed by atoms with Crippen molar-refractivity contribution in [1.29, 1.82) is 0 Å². The number of benzene rings is 1. The maximum Gasteiger partial charge on any atom is 0.264 e. The zero-order chi connectivity index (χ0) is 12.6. The second-order valence-electron chi connectivity index (χ2n) is 4.47. The van der Waals surface area contributed by atoms with E-state index < -0.39 is 0 Å². The number of hydrogen-bond acceptors (Lipinski definition) is 4. The summed E-state index contributed by atoms with van der Waals surface area (Å²) in [5.74, 6) is 1.65. The molecule has 1 aliphatic heterocycles. The van der Waals surface area contributed by atoms with Gasteiger partial charge in [0.2, 0.25) is 0 Å². The summed E-state index contributed by atoms with van der Waals surface area (Å²) < 4.78 is 11.3. The van der Waals surface area contributed by atoms with Gasteiger partial charge in [0.25, 0.3) is 5.17 Å². The van der Waals surface area contributed by atoms with Gasteiger partial charge < -0.3 is 14.4 Å². The van der Waals surface area contributed by atoms with Crippen LogP contribution in [0.4, 0.5) is 0 Å². The molecule has 1 aromatic carbocycles. The van der Waals surface area contributed by atoms with Crippen LogP contribution in [0.15, 0.2) is 23.1 Å². The van der Waals surface area contributed by atoms with Crippen LogP contribution >= 0.6 is 24.0 Å². The molecule has 0 fully saturated rings. The molecule has 92 valence electrons. The maximum atomic E-state index is 5.77. The van der Waals surface area contributed by atoms with Crippen LogP contribution in [0.5, 0.6) is 11.5 Å². The van der Waals surface area contributed by atoms with Gasteiger partial charge in [0, 0.05) is 14.1 Å². The first-order chi connectivity index (χ1) is 7.87. The molecular weight excluding hydrogens is 254 g/mol. The Kier molecular flexibility index (Phi) is 3.23. The fraction of sp³-hybridized carbons (Fsp3) is 0.417. The van der Waals surface area contributed by atoms with Crippen molar-refractivity contribution in [3.63, 3.8) is 0 Å². The highest BCUT2D eigenvalue weighted by atomic mass is 32.2. The summed E-state index contributed by atoms with van der Waals surface area (Å²) in [7, 11) is 3.72. The van der Waals surface area contributed by atoms with Crippen LogP contribution in [0, 0.1) is 0 Å². The molecule has 0 aliphatic carbocycles. The molecule has 0 atom stereocenters. The molecule has 2 rings (SSSR count). The van der Waals surface area contributed by atoms with Gasteiger partial charge in [-0.1, -0.05) is 11.8 Å². The van der Waals surface area contributed by atoms with Gasteiger partial charge in [0.15, 0.2) is 4.93 Å². The highest BCUT2D eigenvalue weighted by Crippen LogP contribution is 2.48. The Hall–Kier alpha value is -0.940. The van der Waals surface area contributed by atoms with E-state index in [4.69, 9.17) is 21.7 Å². The average molecular weight is 269 g/mol. The molecule has 0 N–H and O–H groups in total. The van der Waals surface area contributed by atoms with E-state index in [2.05, 4.69) is 0 Å².